The lowest BCUT2D eigenvalue weighted by molar-refractivity contribution is -0.0166. The standard InChI is InChI=1S/C11H14N5O5P/c1-19-22(18)20-4-6-2-3-7(21-6)16-5-13-8-9(16)14-11(12)15-10(8)17/h5-7H,2-4H2,1H3,(H2-,12,14,15,17)/p+1/t6-,7+/m0/s1. The van der Waals surface area contributed by atoms with Gasteiger partial charge in [0.05, 0.1) is 19.5 Å². The molecule has 3 atom stereocenters. The number of aromatic nitrogens is 4. The number of hydrogen-bond acceptors (Lipinski definition) is 8. The minimum absolute atomic E-state index is 0.0224. The number of H-pyrrole nitrogens is 1. The lowest BCUT2D eigenvalue weighted by Crippen LogP contribution is -2.16. The molecule has 0 amide bonds. The second-order valence-corrected chi connectivity index (χ2v) is 5.84. The maximum atomic E-state index is 11.7. The molecule has 0 saturated carbocycles. The van der Waals surface area contributed by atoms with Gasteiger partial charge >= 0.3 is 8.25 Å². The summed E-state index contributed by atoms with van der Waals surface area (Å²) in [4.78, 5) is 22.3. The van der Waals surface area contributed by atoms with E-state index in [0.29, 0.717) is 12.1 Å². The van der Waals surface area contributed by atoms with Gasteiger partial charge in [0.1, 0.15) is 12.8 Å². The highest BCUT2D eigenvalue weighted by Gasteiger charge is 2.31. The van der Waals surface area contributed by atoms with E-state index >= 15 is 0 Å². The molecule has 0 spiro atoms. The Morgan fingerprint density at radius 1 is 1.59 bits per heavy atom. The molecule has 0 bridgehead atoms. The minimum Gasteiger partial charge on any atom is -0.369 e. The van der Waals surface area contributed by atoms with E-state index in [1.165, 1.54) is 13.4 Å². The quantitative estimate of drug-likeness (QED) is 0.766. The van der Waals surface area contributed by atoms with Gasteiger partial charge in [0.15, 0.2) is 11.2 Å². The van der Waals surface area contributed by atoms with Crippen LogP contribution in [0.25, 0.3) is 11.2 Å². The fraction of sp³-hybridized carbons (Fsp3) is 0.545. The predicted molar refractivity (Wildman–Crippen MR) is 76.3 cm³/mol. The lowest BCUT2D eigenvalue weighted by atomic mass is 10.2. The molecule has 3 N–H and O–H groups in total. The molecule has 1 aliphatic heterocycles. The van der Waals surface area contributed by atoms with Crippen LogP contribution in [-0.4, -0.2) is 39.3 Å². The van der Waals surface area contributed by atoms with Crippen molar-refractivity contribution in [1.29, 1.82) is 0 Å². The van der Waals surface area contributed by atoms with Gasteiger partial charge in [-0.3, -0.25) is 14.3 Å². The monoisotopic (exact) mass is 328 g/mol. The molecule has 1 aliphatic rings. The molecule has 0 aromatic carbocycles. The number of nitrogens with zero attached hydrogens (tertiary/aromatic N) is 3. The highest BCUT2D eigenvalue weighted by molar-refractivity contribution is 7.33. The Hall–Kier alpha value is -1.87. The first kappa shape index (κ1) is 15.0. The first-order valence-electron chi connectivity index (χ1n) is 6.60. The van der Waals surface area contributed by atoms with Crippen molar-refractivity contribution in [3.63, 3.8) is 0 Å². The second-order valence-electron chi connectivity index (χ2n) is 4.77. The second kappa shape index (κ2) is 6.09. The molecule has 3 rings (SSSR count). The molecule has 22 heavy (non-hydrogen) atoms. The summed E-state index contributed by atoms with van der Waals surface area (Å²) in [5.41, 5.74) is 5.75. The Kier molecular flexibility index (Phi) is 4.16. The van der Waals surface area contributed by atoms with E-state index in [1.807, 2.05) is 0 Å². The van der Waals surface area contributed by atoms with Crippen molar-refractivity contribution in [3.05, 3.63) is 16.7 Å². The third kappa shape index (κ3) is 2.86. The molecule has 2 aromatic rings. The Balaban J connectivity index is 1.76. The van der Waals surface area contributed by atoms with Crippen LogP contribution < -0.4 is 11.3 Å². The number of nitrogen functional groups attached to an aromatic ring is 1. The zero-order valence-corrected chi connectivity index (χ0v) is 12.7. The normalized spacial score (nSPS) is 22.3. The topological polar surface area (TPSA) is 134 Å². The highest BCUT2D eigenvalue weighted by atomic mass is 31.1. The van der Waals surface area contributed by atoms with Crippen molar-refractivity contribution in [2.75, 3.05) is 19.5 Å². The molecular weight excluding hydrogens is 313 g/mol. The maximum Gasteiger partial charge on any atom is 0.697 e. The number of hydrogen-bond donors (Lipinski definition) is 2. The molecule has 0 radical (unpaired) electrons. The van der Waals surface area contributed by atoms with E-state index in [2.05, 4.69) is 19.5 Å². The average molecular weight is 328 g/mol. The van der Waals surface area contributed by atoms with E-state index in [0.717, 1.165) is 6.42 Å². The van der Waals surface area contributed by atoms with Gasteiger partial charge in [-0.05, 0) is 12.8 Å². The molecule has 1 fully saturated rings. The van der Waals surface area contributed by atoms with Crippen LogP contribution in [0.2, 0.25) is 0 Å². The summed E-state index contributed by atoms with van der Waals surface area (Å²) in [5, 5.41) is 0. The first-order chi connectivity index (χ1) is 10.6. The van der Waals surface area contributed by atoms with Crippen LogP contribution >= 0.6 is 8.25 Å². The lowest BCUT2D eigenvalue weighted by Gasteiger charge is -2.13. The molecule has 3 heterocycles. The number of ether oxygens (including phenoxy) is 1. The van der Waals surface area contributed by atoms with E-state index < -0.39 is 13.8 Å². The average Bonchev–Trinajstić information content (AvgIpc) is 3.10. The molecule has 1 unspecified atom stereocenters. The first-order valence-corrected chi connectivity index (χ1v) is 7.70. The Bertz CT molecular complexity index is 759. The smallest absolute Gasteiger partial charge is 0.369 e. The van der Waals surface area contributed by atoms with E-state index in [1.54, 1.807) is 4.57 Å². The maximum absolute atomic E-state index is 11.7. The molecule has 10 nitrogen and oxygen atoms in total. The van der Waals surface area contributed by atoms with Gasteiger partial charge in [-0.2, -0.15) is 4.98 Å². The Morgan fingerprint density at radius 2 is 2.41 bits per heavy atom. The summed E-state index contributed by atoms with van der Waals surface area (Å²) < 4.78 is 28.1. The van der Waals surface area contributed by atoms with Gasteiger partial charge < -0.3 is 10.5 Å². The van der Waals surface area contributed by atoms with Crippen molar-refractivity contribution < 1.29 is 18.3 Å². The number of nitrogens with two attached hydrogens (primary N) is 1. The fourth-order valence-electron chi connectivity index (χ4n) is 2.36. The third-order valence-corrected chi connectivity index (χ3v) is 4.02. The fourth-order valence-corrected chi connectivity index (χ4v) is 2.76. The van der Waals surface area contributed by atoms with Crippen molar-refractivity contribution in [2.45, 2.75) is 25.2 Å². The molecule has 1 saturated heterocycles. The summed E-state index contributed by atoms with van der Waals surface area (Å²) in [6, 6.07) is 0. The molecular formula is C11H15N5O5P+. The summed E-state index contributed by atoms with van der Waals surface area (Å²) in [6.45, 7) is 0.169. The van der Waals surface area contributed by atoms with Crippen molar-refractivity contribution in [1.82, 2.24) is 19.5 Å². The highest BCUT2D eigenvalue weighted by Crippen LogP contribution is 2.32. The zero-order chi connectivity index (χ0) is 15.7. The summed E-state index contributed by atoms with van der Waals surface area (Å²) in [5.74, 6) is 0.0224. The SMILES string of the molecule is CO[P+](=O)OC[C@@H]1CC[C@H](n2cnc3c(=O)[nH]c(N)nc32)O1. The number of fused-ring (bicyclic) bond motifs is 1. The van der Waals surface area contributed by atoms with E-state index in [-0.39, 0.29) is 30.4 Å². The number of rotatable bonds is 5. The molecule has 2 aromatic heterocycles. The number of imidazole rings is 1. The summed E-state index contributed by atoms with van der Waals surface area (Å²) >= 11 is 0. The van der Waals surface area contributed by atoms with Gasteiger partial charge in [-0.15, -0.1) is 9.05 Å². The Labute approximate surface area is 125 Å². The number of anilines is 1. The molecule has 11 heteroatoms. The Morgan fingerprint density at radius 3 is 3.18 bits per heavy atom. The van der Waals surface area contributed by atoms with Crippen LogP contribution in [0.4, 0.5) is 5.95 Å². The minimum atomic E-state index is -2.11. The van der Waals surface area contributed by atoms with Crippen LogP contribution in [0.3, 0.4) is 0 Å². The van der Waals surface area contributed by atoms with Crippen molar-refractivity contribution in [2.24, 2.45) is 0 Å². The third-order valence-electron chi connectivity index (χ3n) is 3.36. The van der Waals surface area contributed by atoms with Crippen molar-refractivity contribution >= 4 is 25.4 Å². The van der Waals surface area contributed by atoms with Gasteiger partial charge in [-0.25, -0.2) is 4.98 Å². The summed E-state index contributed by atoms with van der Waals surface area (Å²) in [7, 11) is -0.806. The van der Waals surface area contributed by atoms with E-state index in [4.69, 9.17) is 15.0 Å². The van der Waals surface area contributed by atoms with Gasteiger partial charge in [0.25, 0.3) is 5.56 Å². The largest absolute Gasteiger partial charge is 0.697 e. The summed E-state index contributed by atoms with van der Waals surface area (Å²) in [6.07, 6.45) is 2.37. The van der Waals surface area contributed by atoms with Crippen LogP contribution in [-0.2, 0) is 18.3 Å². The van der Waals surface area contributed by atoms with Gasteiger partial charge in [-0.1, -0.05) is 0 Å². The van der Waals surface area contributed by atoms with Crippen LogP contribution in [0, 0.1) is 0 Å². The van der Waals surface area contributed by atoms with Gasteiger partial charge in [0.2, 0.25) is 5.95 Å². The van der Waals surface area contributed by atoms with Crippen LogP contribution in [0.5, 0.6) is 0 Å². The molecule has 0 aliphatic carbocycles. The van der Waals surface area contributed by atoms with Crippen molar-refractivity contribution in [3.8, 4) is 0 Å². The number of nitrogens with one attached hydrogen (secondary N) is 1. The van der Waals surface area contributed by atoms with Gasteiger partial charge in [0, 0.05) is 4.57 Å². The van der Waals surface area contributed by atoms with Crippen LogP contribution in [0.15, 0.2) is 11.1 Å². The zero-order valence-electron chi connectivity index (χ0n) is 11.8. The molecule has 118 valence electrons. The van der Waals surface area contributed by atoms with Crippen LogP contribution in [0.1, 0.15) is 19.1 Å². The predicted octanol–water partition coefficient (Wildman–Crippen LogP) is 0.700. The number of aromatic amines is 1. The van der Waals surface area contributed by atoms with E-state index in [9.17, 15) is 9.36 Å².